The van der Waals surface area contributed by atoms with Crippen LogP contribution in [0.1, 0.15) is 0 Å². The molecule has 0 atom stereocenters. The SMILES string of the molecule is [U+3].[c-]1ccccc1.[c-]1ccccc1.[c-]1ccccc1. The summed E-state index contributed by atoms with van der Waals surface area (Å²) in [6.45, 7) is 0. The van der Waals surface area contributed by atoms with E-state index in [-0.39, 0.29) is 31.1 Å². The molecule has 0 nitrogen and oxygen atoms in total. The quantitative estimate of drug-likeness (QED) is 0.427. The Morgan fingerprint density at radius 1 is 0.316 bits per heavy atom. The molecule has 0 bridgehead atoms. The summed E-state index contributed by atoms with van der Waals surface area (Å²) < 4.78 is 0. The predicted octanol–water partition coefficient (Wildman–Crippen LogP) is 4.46. The first kappa shape index (κ1) is 17.7. The third-order valence-corrected chi connectivity index (χ3v) is 1.82. The van der Waals surface area contributed by atoms with Crippen LogP contribution in [-0.4, -0.2) is 0 Å². The molecule has 0 aromatic heterocycles. The van der Waals surface area contributed by atoms with Crippen molar-refractivity contribution in [1.29, 1.82) is 0 Å². The summed E-state index contributed by atoms with van der Waals surface area (Å²) in [5, 5.41) is 0. The van der Waals surface area contributed by atoms with Gasteiger partial charge in [-0.25, -0.2) is 0 Å². The Morgan fingerprint density at radius 3 is 0.579 bits per heavy atom. The molecule has 3 aromatic rings. The van der Waals surface area contributed by atoms with Gasteiger partial charge in [-0.05, 0) is 0 Å². The average Bonchev–Trinajstić information content (AvgIpc) is 2.54. The number of rotatable bonds is 0. The first-order valence-corrected chi connectivity index (χ1v) is 5.73. The maximum Gasteiger partial charge on any atom is 3.00 e. The van der Waals surface area contributed by atoms with Gasteiger partial charge in [0.15, 0.2) is 0 Å². The van der Waals surface area contributed by atoms with Crippen molar-refractivity contribution in [3.8, 4) is 0 Å². The molecule has 0 amide bonds. The Hall–Kier alpha value is -1.29. The van der Waals surface area contributed by atoms with E-state index in [0.717, 1.165) is 0 Å². The number of benzene rings is 3. The Kier molecular flexibility index (Phi) is 13.8. The van der Waals surface area contributed by atoms with E-state index in [1.165, 1.54) is 0 Å². The fourth-order valence-electron chi connectivity index (χ4n) is 1.03. The second kappa shape index (κ2) is 14.8. The molecule has 91 valence electrons. The van der Waals surface area contributed by atoms with Crippen molar-refractivity contribution in [2.24, 2.45) is 0 Å². The third kappa shape index (κ3) is 13.0. The smallest absolute Gasteiger partial charge is 0.184 e. The molecule has 1 heteroatoms. The molecule has 3 rings (SSSR count). The first-order valence-electron chi connectivity index (χ1n) is 5.73. The minimum Gasteiger partial charge on any atom is -0.184 e. The number of hydrogen-bond acceptors (Lipinski definition) is 0. The van der Waals surface area contributed by atoms with Crippen LogP contribution in [0.5, 0.6) is 0 Å². The van der Waals surface area contributed by atoms with Crippen LogP contribution in [0.4, 0.5) is 0 Å². The summed E-state index contributed by atoms with van der Waals surface area (Å²) in [7, 11) is 0. The molecule has 0 aliphatic heterocycles. The Morgan fingerprint density at radius 2 is 0.526 bits per heavy atom. The van der Waals surface area contributed by atoms with E-state index >= 15 is 0 Å². The van der Waals surface area contributed by atoms with Gasteiger partial charge in [0, 0.05) is 0 Å². The number of hydrogen-bond donors (Lipinski definition) is 0. The zero-order chi connectivity index (χ0) is 12.7. The van der Waals surface area contributed by atoms with E-state index < -0.39 is 0 Å². The summed E-state index contributed by atoms with van der Waals surface area (Å²) in [5.41, 5.74) is 0. The summed E-state index contributed by atoms with van der Waals surface area (Å²) in [6, 6.07) is 37.5. The summed E-state index contributed by atoms with van der Waals surface area (Å²) in [4.78, 5) is 0. The van der Waals surface area contributed by atoms with Gasteiger partial charge < -0.3 is 0 Å². The molecule has 0 N–H and O–H groups in total. The molecule has 0 fully saturated rings. The zero-order valence-corrected chi connectivity index (χ0v) is 14.8. The molecule has 0 saturated heterocycles. The van der Waals surface area contributed by atoms with Crippen molar-refractivity contribution in [2.45, 2.75) is 0 Å². The van der Waals surface area contributed by atoms with Gasteiger partial charge in [0.2, 0.25) is 0 Å². The second-order valence-corrected chi connectivity index (χ2v) is 3.23. The molecule has 0 aliphatic carbocycles. The molecule has 0 heterocycles. The molecular formula is C18H15U. The minimum atomic E-state index is 0. The van der Waals surface area contributed by atoms with E-state index in [0.29, 0.717) is 0 Å². The molecule has 0 aliphatic rings. The molecule has 3 aromatic carbocycles. The van der Waals surface area contributed by atoms with Gasteiger partial charge in [-0.2, -0.15) is 109 Å². The van der Waals surface area contributed by atoms with Gasteiger partial charge in [0.05, 0.1) is 0 Å². The largest absolute Gasteiger partial charge is 3.00 e. The first-order chi connectivity index (χ1) is 9.00. The van der Waals surface area contributed by atoms with Crippen molar-refractivity contribution in [3.63, 3.8) is 0 Å². The third-order valence-electron chi connectivity index (χ3n) is 1.82. The molecule has 1 radical (unpaired) electrons. The van der Waals surface area contributed by atoms with Gasteiger partial charge in [0.1, 0.15) is 0 Å². The van der Waals surface area contributed by atoms with Crippen LogP contribution in [0.2, 0.25) is 0 Å². The van der Waals surface area contributed by atoms with Crippen LogP contribution in [-0.2, 0) is 0 Å². The summed E-state index contributed by atoms with van der Waals surface area (Å²) in [5.74, 6) is 0. The van der Waals surface area contributed by atoms with Gasteiger partial charge in [-0.15, -0.1) is 0 Å². The Balaban J connectivity index is 0.000000249. The molecule has 0 saturated carbocycles. The normalized spacial score (nSPS) is 7.58. The topological polar surface area (TPSA) is 0 Å². The van der Waals surface area contributed by atoms with Crippen molar-refractivity contribution in [2.75, 3.05) is 0 Å². The van der Waals surface area contributed by atoms with Crippen molar-refractivity contribution in [3.05, 3.63) is 109 Å². The van der Waals surface area contributed by atoms with E-state index in [9.17, 15) is 0 Å². The fourth-order valence-corrected chi connectivity index (χ4v) is 1.03. The second-order valence-electron chi connectivity index (χ2n) is 3.23. The summed E-state index contributed by atoms with van der Waals surface area (Å²) in [6.07, 6.45) is 0. The van der Waals surface area contributed by atoms with E-state index in [2.05, 4.69) is 18.2 Å². The van der Waals surface area contributed by atoms with E-state index in [4.69, 9.17) is 0 Å². The van der Waals surface area contributed by atoms with E-state index in [1.807, 2.05) is 91.0 Å². The van der Waals surface area contributed by atoms with E-state index in [1.54, 1.807) is 0 Å². The Bertz CT molecular complexity index is 296. The van der Waals surface area contributed by atoms with Crippen LogP contribution >= 0.6 is 0 Å². The van der Waals surface area contributed by atoms with Gasteiger partial charge in [-0.3, -0.25) is 0 Å². The van der Waals surface area contributed by atoms with Gasteiger partial charge in [0.25, 0.3) is 0 Å². The van der Waals surface area contributed by atoms with Crippen molar-refractivity contribution >= 4 is 0 Å². The standard InChI is InChI=1S/3C6H5.U/c3*1-2-4-6-5-3-1;/h3*1-5H;/q3*-1;+3. The van der Waals surface area contributed by atoms with Crippen LogP contribution in [0.15, 0.2) is 91.0 Å². The van der Waals surface area contributed by atoms with Crippen LogP contribution < -0.4 is 0 Å². The zero-order valence-electron chi connectivity index (χ0n) is 10.7. The minimum absolute atomic E-state index is 0. The Labute approximate surface area is 139 Å². The molecule has 0 unspecified atom stereocenters. The molecular weight excluding hydrogens is 454 g/mol. The summed E-state index contributed by atoms with van der Waals surface area (Å²) >= 11 is 0. The van der Waals surface area contributed by atoms with Crippen LogP contribution in [0.25, 0.3) is 0 Å². The fraction of sp³-hybridized carbons (Fsp3) is 0. The van der Waals surface area contributed by atoms with Crippen LogP contribution in [0, 0.1) is 49.3 Å². The molecule has 0 spiro atoms. The van der Waals surface area contributed by atoms with Crippen LogP contribution in [0.3, 0.4) is 0 Å². The van der Waals surface area contributed by atoms with Gasteiger partial charge in [-0.1, -0.05) is 0 Å². The van der Waals surface area contributed by atoms with Crippen molar-refractivity contribution < 1.29 is 31.1 Å². The monoisotopic (exact) mass is 469 g/mol. The van der Waals surface area contributed by atoms with Gasteiger partial charge >= 0.3 is 31.1 Å². The maximum atomic E-state index is 2.89. The average molecular weight is 469 g/mol. The van der Waals surface area contributed by atoms with Crippen molar-refractivity contribution in [1.82, 2.24) is 0 Å². The predicted molar refractivity (Wildman–Crippen MR) is 75.8 cm³/mol. The molecule has 19 heavy (non-hydrogen) atoms. The maximum absolute atomic E-state index is 2.89.